The molecule has 2 nitrogen and oxygen atoms in total. The molecule has 0 saturated carbocycles. The number of carbonyl (C=O) groups is 1. The minimum absolute atomic E-state index is 0.0777. The Labute approximate surface area is 113 Å². The molecule has 1 aromatic rings. The van der Waals surface area contributed by atoms with Crippen LogP contribution >= 0.6 is 46.4 Å². The lowest BCUT2D eigenvalue weighted by Gasteiger charge is -2.19. The minimum atomic E-state index is -0.199. The summed E-state index contributed by atoms with van der Waals surface area (Å²) in [5, 5.41) is 0.955. The van der Waals surface area contributed by atoms with Crippen LogP contribution in [0.5, 0.6) is 0 Å². The Morgan fingerprint density at radius 2 is 1.75 bits per heavy atom. The molecule has 0 bridgehead atoms. The second-order valence-electron chi connectivity index (χ2n) is 3.52. The molecule has 1 unspecified atom stereocenters. The predicted octanol–water partition coefficient (Wildman–Crippen LogP) is 3.99. The largest absolute Gasteiger partial charge is 0.308 e. The lowest BCUT2D eigenvalue weighted by atomic mass is 10.3. The summed E-state index contributed by atoms with van der Waals surface area (Å²) < 4.78 is 0. The summed E-state index contributed by atoms with van der Waals surface area (Å²) in [5.41, 5.74) is 0.487. The van der Waals surface area contributed by atoms with E-state index in [1.165, 1.54) is 4.90 Å². The highest BCUT2D eigenvalue weighted by molar-refractivity contribution is 6.42. The van der Waals surface area contributed by atoms with E-state index in [1.54, 1.807) is 12.1 Å². The number of amides is 1. The Morgan fingerprint density at radius 3 is 2.19 bits per heavy atom. The van der Waals surface area contributed by atoms with E-state index in [0.717, 1.165) is 0 Å². The zero-order chi connectivity index (χ0) is 11.9. The fourth-order valence-corrected chi connectivity index (χ4v) is 2.96. The summed E-state index contributed by atoms with van der Waals surface area (Å²) >= 11 is 23.8. The number of benzene rings is 1. The molecule has 0 N–H and O–H groups in total. The highest BCUT2D eigenvalue weighted by Gasteiger charge is 2.31. The van der Waals surface area contributed by atoms with Gasteiger partial charge in [0.25, 0.3) is 0 Å². The normalized spacial score (nSPS) is 20.6. The number of hydrogen-bond acceptors (Lipinski definition) is 1. The van der Waals surface area contributed by atoms with E-state index >= 15 is 0 Å². The van der Waals surface area contributed by atoms with Gasteiger partial charge in [-0.1, -0.05) is 34.8 Å². The van der Waals surface area contributed by atoms with Crippen molar-refractivity contribution in [3.05, 3.63) is 27.2 Å². The van der Waals surface area contributed by atoms with Gasteiger partial charge in [-0.05, 0) is 12.1 Å². The van der Waals surface area contributed by atoms with Gasteiger partial charge in [0.2, 0.25) is 5.91 Å². The van der Waals surface area contributed by atoms with Crippen LogP contribution in [0.2, 0.25) is 15.1 Å². The van der Waals surface area contributed by atoms with Gasteiger partial charge in [0.15, 0.2) is 0 Å². The lowest BCUT2D eigenvalue weighted by molar-refractivity contribution is -0.117. The highest BCUT2D eigenvalue weighted by atomic mass is 35.5. The number of nitrogens with zero attached hydrogens (tertiary/aromatic N) is 1. The van der Waals surface area contributed by atoms with Gasteiger partial charge in [-0.15, -0.1) is 11.6 Å². The molecule has 1 aromatic carbocycles. The van der Waals surface area contributed by atoms with Crippen LogP contribution in [0.4, 0.5) is 5.69 Å². The smallest absolute Gasteiger partial charge is 0.228 e. The van der Waals surface area contributed by atoms with Crippen LogP contribution in [0, 0.1) is 0 Å². The molecular formula is C10H7Cl4NO. The van der Waals surface area contributed by atoms with Crippen molar-refractivity contribution in [2.75, 3.05) is 11.4 Å². The molecule has 1 amide bonds. The van der Waals surface area contributed by atoms with Gasteiger partial charge in [0.05, 0.1) is 21.1 Å². The Bertz CT molecular complexity index is 425. The average molecular weight is 299 g/mol. The molecule has 1 atom stereocenters. The van der Waals surface area contributed by atoms with Crippen molar-refractivity contribution >= 4 is 58.0 Å². The van der Waals surface area contributed by atoms with Crippen LogP contribution < -0.4 is 4.90 Å². The van der Waals surface area contributed by atoms with Crippen molar-refractivity contribution in [2.45, 2.75) is 11.8 Å². The lowest BCUT2D eigenvalue weighted by Crippen LogP contribution is -2.25. The maximum Gasteiger partial charge on any atom is 0.228 e. The third-order valence-corrected chi connectivity index (χ3v) is 3.42. The SMILES string of the molecule is O=C1CC(Cl)CN1c1c(Cl)cc(Cl)cc1Cl. The first-order chi connectivity index (χ1) is 7.49. The van der Waals surface area contributed by atoms with Crippen LogP contribution in [0.25, 0.3) is 0 Å². The Kier molecular flexibility index (Phi) is 3.55. The van der Waals surface area contributed by atoms with Crippen molar-refractivity contribution in [3.8, 4) is 0 Å². The minimum Gasteiger partial charge on any atom is -0.308 e. The Balaban J connectivity index is 2.44. The van der Waals surface area contributed by atoms with Crippen LogP contribution in [-0.2, 0) is 4.79 Å². The maximum atomic E-state index is 11.7. The quantitative estimate of drug-likeness (QED) is 0.718. The molecule has 1 fully saturated rings. The summed E-state index contributed by atoms with van der Waals surface area (Å²) in [5.74, 6) is -0.0777. The third-order valence-electron chi connectivity index (χ3n) is 2.33. The number of anilines is 1. The topological polar surface area (TPSA) is 20.3 Å². The second kappa shape index (κ2) is 4.61. The van der Waals surface area contributed by atoms with Crippen LogP contribution in [0.1, 0.15) is 6.42 Å². The second-order valence-corrected chi connectivity index (χ2v) is 5.39. The molecule has 0 spiro atoms. The zero-order valence-corrected chi connectivity index (χ0v) is 11.0. The number of carbonyl (C=O) groups excluding carboxylic acids is 1. The van der Waals surface area contributed by atoms with Crippen LogP contribution in [0.15, 0.2) is 12.1 Å². The first-order valence-electron chi connectivity index (χ1n) is 4.58. The van der Waals surface area contributed by atoms with Gasteiger partial charge in [-0.25, -0.2) is 0 Å². The van der Waals surface area contributed by atoms with Crippen molar-refractivity contribution in [1.82, 2.24) is 0 Å². The molecule has 1 heterocycles. The highest BCUT2D eigenvalue weighted by Crippen LogP contribution is 2.38. The van der Waals surface area contributed by atoms with E-state index in [4.69, 9.17) is 46.4 Å². The number of halogens is 4. The Hall–Kier alpha value is -0.150. The molecule has 0 aliphatic carbocycles. The van der Waals surface area contributed by atoms with E-state index in [9.17, 15) is 4.79 Å². The third kappa shape index (κ3) is 2.25. The summed E-state index contributed by atoms with van der Waals surface area (Å²) in [4.78, 5) is 13.2. The maximum absolute atomic E-state index is 11.7. The summed E-state index contributed by atoms with van der Waals surface area (Å²) in [6.07, 6.45) is 0.302. The van der Waals surface area contributed by atoms with E-state index in [1.807, 2.05) is 0 Å². The fraction of sp³-hybridized carbons (Fsp3) is 0.300. The average Bonchev–Trinajstić information content (AvgIpc) is 2.43. The molecule has 1 aliphatic heterocycles. The molecule has 16 heavy (non-hydrogen) atoms. The molecule has 86 valence electrons. The first kappa shape index (κ1) is 12.3. The van der Waals surface area contributed by atoms with Gasteiger partial charge in [-0.3, -0.25) is 4.79 Å². The van der Waals surface area contributed by atoms with Crippen molar-refractivity contribution in [1.29, 1.82) is 0 Å². The predicted molar refractivity (Wildman–Crippen MR) is 68.1 cm³/mol. The molecule has 6 heteroatoms. The summed E-state index contributed by atoms with van der Waals surface area (Å²) in [6, 6.07) is 3.11. The van der Waals surface area contributed by atoms with Gasteiger partial charge in [0, 0.05) is 18.0 Å². The van der Waals surface area contributed by atoms with Gasteiger partial charge < -0.3 is 4.90 Å². The molecule has 0 aromatic heterocycles. The Morgan fingerprint density at radius 1 is 1.19 bits per heavy atom. The van der Waals surface area contributed by atoms with E-state index in [0.29, 0.717) is 33.7 Å². The fourth-order valence-electron chi connectivity index (χ4n) is 1.67. The standard InChI is InChI=1S/C10H7Cl4NO/c11-5-1-7(13)10(8(14)2-5)15-4-6(12)3-9(15)16/h1-2,6H,3-4H2. The summed E-state index contributed by atoms with van der Waals surface area (Å²) in [6.45, 7) is 0.418. The van der Waals surface area contributed by atoms with E-state index in [-0.39, 0.29) is 11.3 Å². The number of alkyl halides is 1. The van der Waals surface area contributed by atoms with E-state index < -0.39 is 0 Å². The van der Waals surface area contributed by atoms with E-state index in [2.05, 4.69) is 0 Å². The van der Waals surface area contributed by atoms with Crippen molar-refractivity contribution in [2.24, 2.45) is 0 Å². The molecule has 2 rings (SSSR count). The number of hydrogen-bond donors (Lipinski definition) is 0. The van der Waals surface area contributed by atoms with Crippen LogP contribution in [0.3, 0.4) is 0 Å². The van der Waals surface area contributed by atoms with Crippen molar-refractivity contribution in [3.63, 3.8) is 0 Å². The summed E-state index contributed by atoms with van der Waals surface area (Å²) in [7, 11) is 0. The zero-order valence-electron chi connectivity index (χ0n) is 8.01. The van der Waals surface area contributed by atoms with Crippen molar-refractivity contribution < 1.29 is 4.79 Å². The monoisotopic (exact) mass is 297 g/mol. The molecule has 1 saturated heterocycles. The first-order valence-corrected chi connectivity index (χ1v) is 6.15. The number of rotatable bonds is 1. The van der Waals surface area contributed by atoms with Crippen LogP contribution in [-0.4, -0.2) is 17.8 Å². The van der Waals surface area contributed by atoms with Gasteiger partial charge in [-0.2, -0.15) is 0 Å². The van der Waals surface area contributed by atoms with Gasteiger partial charge >= 0.3 is 0 Å². The van der Waals surface area contributed by atoms with Gasteiger partial charge in [0.1, 0.15) is 0 Å². The molecular weight excluding hydrogens is 292 g/mol. The molecule has 0 radical (unpaired) electrons. The molecule has 1 aliphatic rings.